The van der Waals surface area contributed by atoms with E-state index in [0.29, 0.717) is 5.56 Å². The Bertz CT molecular complexity index is 875. The summed E-state index contributed by atoms with van der Waals surface area (Å²) in [5.41, 5.74) is 0.197. The average Bonchev–Trinajstić information content (AvgIpc) is 2.70. The van der Waals surface area contributed by atoms with Crippen LogP contribution in [0.5, 0.6) is 17.2 Å². The van der Waals surface area contributed by atoms with Gasteiger partial charge in [0.05, 0.1) is 19.8 Å². The molecule has 29 heavy (non-hydrogen) atoms. The van der Waals surface area contributed by atoms with Crippen molar-refractivity contribution in [3.63, 3.8) is 0 Å². The molecule has 156 valence electrons. The monoisotopic (exact) mass is 413 g/mol. The lowest BCUT2D eigenvalue weighted by Crippen LogP contribution is -2.28. The first-order chi connectivity index (χ1) is 13.8. The Balaban J connectivity index is 1.87. The fourth-order valence-electron chi connectivity index (χ4n) is 2.26. The number of rotatable bonds is 9. The molecule has 0 heterocycles. The Hall–Kier alpha value is -3.43. The zero-order chi connectivity index (χ0) is 21.4. The van der Waals surface area contributed by atoms with E-state index in [1.807, 2.05) is 0 Å². The van der Waals surface area contributed by atoms with Crippen molar-refractivity contribution in [3.05, 3.63) is 53.3 Å². The van der Waals surface area contributed by atoms with Crippen molar-refractivity contribution in [2.75, 3.05) is 20.8 Å². The number of amides is 1. The van der Waals surface area contributed by atoms with Crippen LogP contribution in [0.25, 0.3) is 0 Å². The predicted octanol–water partition coefficient (Wildman–Crippen LogP) is 2.92. The van der Waals surface area contributed by atoms with E-state index in [2.05, 4.69) is 10.1 Å². The number of carbonyl (C=O) groups excluding carboxylic acids is 2. The van der Waals surface area contributed by atoms with Gasteiger partial charge < -0.3 is 24.3 Å². The molecule has 0 saturated heterocycles. The number of benzene rings is 2. The molecule has 0 aliphatic heterocycles. The summed E-state index contributed by atoms with van der Waals surface area (Å²) in [4.78, 5) is 23.7. The molecule has 0 unspecified atom stereocenters. The molecule has 0 bridgehead atoms. The van der Waals surface area contributed by atoms with Crippen molar-refractivity contribution in [3.8, 4) is 17.2 Å². The molecule has 1 N–H and O–H groups in total. The molecular formula is C19H18F3NO6. The number of alkyl halides is 2. The molecule has 7 nitrogen and oxygen atoms in total. The van der Waals surface area contributed by atoms with Gasteiger partial charge in [-0.3, -0.25) is 4.79 Å². The third-order valence-electron chi connectivity index (χ3n) is 3.66. The highest BCUT2D eigenvalue weighted by Crippen LogP contribution is 2.29. The van der Waals surface area contributed by atoms with Crippen LogP contribution in [0.4, 0.5) is 13.2 Å². The van der Waals surface area contributed by atoms with Crippen LogP contribution in [0.1, 0.15) is 15.9 Å². The van der Waals surface area contributed by atoms with E-state index < -0.39 is 30.9 Å². The fourth-order valence-corrected chi connectivity index (χ4v) is 2.26. The van der Waals surface area contributed by atoms with Crippen LogP contribution in [0.3, 0.4) is 0 Å². The number of esters is 1. The summed E-state index contributed by atoms with van der Waals surface area (Å²) in [6.45, 7) is -3.62. The molecule has 0 fully saturated rings. The number of ether oxygens (including phenoxy) is 4. The van der Waals surface area contributed by atoms with E-state index in [0.717, 1.165) is 6.07 Å². The molecule has 2 rings (SSSR count). The van der Waals surface area contributed by atoms with Gasteiger partial charge in [0.25, 0.3) is 5.91 Å². The number of hydrogen-bond acceptors (Lipinski definition) is 6. The molecule has 10 heteroatoms. The van der Waals surface area contributed by atoms with Gasteiger partial charge >= 0.3 is 12.6 Å². The van der Waals surface area contributed by atoms with Gasteiger partial charge in [-0.15, -0.1) is 0 Å². The summed E-state index contributed by atoms with van der Waals surface area (Å²) >= 11 is 0. The van der Waals surface area contributed by atoms with Crippen LogP contribution in [0, 0.1) is 5.82 Å². The molecular weight excluding hydrogens is 395 g/mol. The molecule has 0 aliphatic rings. The zero-order valence-corrected chi connectivity index (χ0v) is 15.5. The minimum Gasteiger partial charge on any atom is -0.497 e. The average molecular weight is 413 g/mol. The van der Waals surface area contributed by atoms with Gasteiger partial charge in [-0.05, 0) is 29.8 Å². The van der Waals surface area contributed by atoms with Crippen LogP contribution in [-0.2, 0) is 16.1 Å². The molecule has 0 aromatic heterocycles. The Kier molecular flexibility index (Phi) is 7.70. The number of methoxy groups -OCH3 is 2. The minimum absolute atomic E-state index is 0.0125. The van der Waals surface area contributed by atoms with Crippen molar-refractivity contribution >= 4 is 11.9 Å². The van der Waals surface area contributed by atoms with E-state index in [4.69, 9.17) is 14.2 Å². The topological polar surface area (TPSA) is 83.1 Å². The highest BCUT2D eigenvalue weighted by molar-refractivity contribution is 5.91. The second-order valence-corrected chi connectivity index (χ2v) is 5.56. The van der Waals surface area contributed by atoms with Gasteiger partial charge in [-0.25, -0.2) is 9.18 Å². The van der Waals surface area contributed by atoms with Crippen LogP contribution in [0.15, 0.2) is 36.4 Å². The van der Waals surface area contributed by atoms with Gasteiger partial charge in [0.2, 0.25) is 0 Å². The molecule has 2 aromatic rings. The highest BCUT2D eigenvalue weighted by atomic mass is 19.3. The minimum atomic E-state index is -3.00. The zero-order valence-electron chi connectivity index (χ0n) is 15.5. The van der Waals surface area contributed by atoms with Crippen molar-refractivity contribution in [2.45, 2.75) is 13.2 Å². The predicted molar refractivity (Wildman–Crippen MR) is 94.7 cm³/mol. The van der Waals surface area contributed by atoms with E-state index in [1.54, 1.807) is 0 Å². The lowest BCUT2D eigenvalue weighted by molar-refractivity contribution is -0.124. The van der Waals surface area contributed by atoms with Gasteiger partial charge in [0.15, 0.2) is 18.1 Å². The van der Waals surface area contributed by atoms with E-state index in [-0.39, 0.29) is 29.4 Å². The molecule has 0 saturated carbocycles. The Morgan fingerprint density at radius 1 is 1.03 bits per heavy atom. The molecule has 0 aliphatic carbocycles. The highest BCUT2D eigenvalue weighted by Gasteiger charge is 2.16. The van der Waals surface area contributed by atoms with Crippen LogP contribution in [0.2, 0.25) is 0 Å². The summed E-state index contributed by atoms with van der Waals surface area (Å²) in [6, 6.07) is 7.73. The summed E-state index contributed by atoms with van der Waals surface area (Å²) in [5.74, 6) is -2.33. The van der Waals surface area contributed by atoms with Crippen LogP contribution < -0.4 is 19.5 Å². The Morgan fingerprint density at radius 2 is 1.79 bits per heavy atom. The smallest absolute Gasteiger partial charge is 0.387 e. The first kappa shape index (κ1) is 21.9. The molecule has 1 amide bonds. The van der Waals surface area contributed by atoms with E-state index in [9.17, 15) is 22.8 Å². The maximum absolute atomic E-state index is 13.8. The number of nitrogens with one attached hydrogen (secondary N) is 1. The van der Waals surface area contributed by atoms with Gasteiger partial charge in [-0.2, -0.15) is 8.78 Å². The van der Waals surface area contributed by atoms with Crippen molar-refractivity contribution in [1.82, 2.24) is 5.32 Å². The van der Waals surface area contributed by atoms with Crippen LogP contribution >= 0.6 is 0 Å². The van der Waals surface area contributed by atoms with Crippen molar-refractivity contribution in [2.24, 2.45) is 0 Å². The summed E-state index contributed by atoms with van der Waals surface area (Å²) < 4.78 is 57.3. The van der Waals surface area contributed by atoms with E-state index in [1.165, 1.54) is 44.6 Å². The van der Waals surface area contributed by atoms with Gasteiger partial charge in [0, 0.05) is 12.6 Å². The fraction of sp³-hybridized carbons (Fsp3) is 0.263. The molecule has 0 spiro atoms. The SMILES string of the molecule is COc1ccc(C(=O)OCC(=O)NCc2ccc(OC(F)F)c(OC)c2)c(F)c1. The lowest BCUT2D eigenvalue weighted by atomic mass is 10.2. The molecule has 0 radical (unpaired) electrons. The summed E-state index contributed by atoms with van der Waals surface area (Å²) in [5, 5.41) is 2.48. The first-order valence-corrected chi connectivity index (χ1v) is 8.23. The number of hydrogen-bond donors (Lipinski definition) is 1. The van der Waals surface area contributed by atoms with Gasteiger partial charge in [0.1, 0.15) is 11.6 Å². The Morgan fingerprint density at radius 3 is 2.41 bits per heavy atom. The third-order valence-corrected chi connectivity index (χ3v) is 3.66. The normalized spacial score (nSPS) is 10.4. The summed E-state index contributed by atoms with van der Waals surface area (Å²) in [6.07, 6.45) is 0. The van der Waals surface area contributed by atoms with Crippen LogP contribution in [-0.4, -0.2) is 39.3 Å². The number of carbonyl (C=O) groups is 2. The maximum atomic E-state index is 13.8. The lowest BCUT2D eigenvalue weighted by Gasteiger charge is -2.12. The molecule has 2 aromatic carbocycles. The first-order valence-electron chi connectivity index (χ1n) is 8.23. The second kappa shape index (κ2) is 10.2. The maximum Gasteiger partial charge on any atom is 0.387 e. The van der Waals surface area contributed by atoms with E-state index >= 15 is 0 Å². The quantitative estimate of drug-likeness (QED) is 0.637. The number of halogens is 3. The van der Waals surface area contributed by atoms with Crippen molar-refractivity contribution < 1.29 is 41.7 Å². The molecule has 0 atom stereocenters. The third kappa shape index (κ3) is 6.30. The second-order valence-electron chi connectivity index (χ2n) is 5.56. The standard InChI is InChI=1S/C19H18F3NO6/c1-26-12-4-5-13(14(20)8-12)18(25)28-10-17(24)23-9-11-3-6-15(29-19(21)22)16(7-11)27-2/h3-8,19H,9-10H2,1-2H3,(H,23,24). The Labute approximate surface area is 164 Å². The largest absolute Gasteiger partial charge is 0.497 e. The summed E-state index contributed by atoms with van der Waals surface area (Å²) in [7, 11) is 2.64. The van der Waals surface area contributed by atoms with Crippen molar-refractivity contribution in [1.29, 1.82) is 0 Å². The van der Waals surface area contributed by atoms with Gasteiger partial charge in [-0.1, -0.05) is 6.07 Å².